The van der Waals surface area contributed by atoms with Crippen LogP contribution in [-0.4, -0.2) is 38.7 Å². The SMILES string of the molecule is CCCCCCCOc1ccc(C(=O)Nc2cccc(C(=O)NCCOC)c2)cc1. The highest BCUT2D eigenvalue weighted by Crippen LogP contribution is 2.16. The molecule has 0 unspecified atom stereocenters. The van der Waals surface area contributed by atoms with Crippen LogP contribution in [0, 0.1) is 0 Å². The van der Waals surface area contributed by atoms with Gasteiger partial charge in [0, 0.05) is 30.5 Å². The number of nitrogens with one attached hydrogen (secondary N) is 2. The summed E-state index contributed by atoms with van der Waals surface area (Å²) in [5.41, 5.74) is 1.57. The summed E-state index contributed by atoms with van der Waals surface area (Å²) in [6.45, 7) is 3.76. The van der Waals surface area contributed by atoms with Crippen molar-refractivity contribution >= 4 is 17.5 Å². The molecule has 0 bridgehead atoms. The first-order chi connectivity index (χ1) is 14.6. The van der Waals surface area contributed by atoms with Crippen molar-refractivity contribution in [2.24, 2.45) is 0 Å². The van der Waals surface area contributed by atoms with Crippen molar-refractivity contribution in [3.63, 3.8) is 0 Å². The van der Waals surface area contributed by atoms with Crippen molar-refractivity contribution in [3.05, 3.63) is 59.7 Å². The van der Waals surface area contributed by atoms with Crippen molar-refractivity contribution in [3.8, 4) is 5.75 Å². The van der Waals surface area contributed by atoms with E-state index >= 15 is 0 Å². The molecular weight excluding hydrogens is 380 g/mol. The van der Waals surface area contributed by atoms with Gasteiger partial charge in [0.2, 0.25) is 0 Å². The van der Waals surface area contributed by atoms with E-state index in [1.165, 1.54) is 25.7 Å². The van der Waals surface area contributed by atoms with Crippen LogP contribution >= 0.6 is 0 Å². The number of rotatable bonds is 13. The smallest absolute Gasteiger partial charge is 0.255 e. The topological polar surface area (TPSA) is 76.7 Å². The summed E-state index contributed by atoms with van der Waals surface area (Å²) in [6, 6.07) is 13.9. The Hall–Kier alpha value is -2.86. The van der Waals surface area contributed by atoms with E-state index in [1.807, 2.05) is 0 Å². The van der Waals surface area contributed by atoms with E-state index in [0.717, 1.165) is 12.2 Å². The monoisotopic (exact) mass is 412 g/mol. The van der Waals surface area contributed by atoms with Gasteiger partial charge in [0.05, 0.1) is 13.2 Å². The van der Waals surface area contributed by atoms with Crippen molar-refractivity contribution in [1.29, 1.82) is 0 Å². The minimum atomic E-state index is -0.238. The van der Waals surface area contributed by atoms with Crippen LogP contribution in [0.3, 0.4) is 0 Å². The zero-order valence-corrected chi connectivity index (χ0v) is 17.9. The first-order valence-electron chi connectivity index (χ1n) is 10.6. The quantitative estimate of drug-likeness (QED) is 0.469. The van der Waals surface area contributed by atoms with E-state index in [-0.39, 0.29) is 11.8 Å². The lowest BCUT2D eigenvalue weighted by Crippen LogP contribution is -2.27. The Morgan fingerprint density at radius 3 is 2.37 bits per heavy atom. The van der Waals surface area contributed by atoms with Gasteiger partial charge in [-0.3, -0.25) is 9.59 Å². The Morgan fingerprint density at radius 1 is 0.867 bits per heavy atom. The summed E-state index contributed by atoms with van der Waals surface area (Å²) >= 11 is 0. The molecule has 6 heteroatoms. The molecule has 0 heterocycles. The molecule has 6 nitrogen and oxygen atoms in total. The second-order valence-corrected chi connectivity index (χ2v) is 7.07. The molecule has 0 atom stereocenters. The molecule has 2 rings (SSSR count). The summed E-state index contributed by atoms with van der Waals surface area (Å²) in [5, 5.41) is 5.59. The maximum atomic E-state index is 12.5. The average molecular weight is 413 g/mol. The third kappa shape index (κ3) is 8.25. The second-order valence-electron chi connectivity index (χ2n) is 7.07. The third-order valence-electron chi connectivity index (χ3n) is 4.61. The minimum absolute atomic E-state index is 0.209. The molecule has 30 heavy (non-hydrogen) atoms. The Labute approximate surface area is 179 Å². The lowest BCUT2D eigenvalue weighted by atomic mass is 10.1. The molecule has 2 amide bonds. The van der Waals surface area contributed by atoms with E-state index in [9.17, 15) is 9.59 Å². The highest BCUT2D eigenvalue weighted by molar-refractivity contribution is 6.05. The van der Waals surface area contributed by atoms with E-state index in [1.54, 1.807) is 55.6 Å². The predicted octanol–water partition coefficient (Wildman–Crippen LogP) is 4.66. The Morgan fingerprint density at radius 2 is 1.63 bits per heavy atom. The minimum Gasteiger partial charge on any atom is -0.494 e. The molecule has 0 fully saturated rings. The number of anilines is 1. The summed E-state index contributed by atoms with van der Waals surface area (Å²) in [4.78, 5) is 24.6. The number of hydrogen-bond donors (Lipinski definition) is 2. The molecule has 0 spiro atoms. The van der Waals surface area contributed by atoms with E-state index < -0.39 is 0 Å². The second kappa shape index (κ2) is 13.4. The van der Waals surface area contributed by atoms with E-state index in [2.05, 4.69) is 17.6 Å². The summed E-state index contributed by atoms with van der Waals surface area (Å²) < 4.78 is 10.7. The van der Waals surface area contributed by atoms with Gasteiger partial charge < -0.3 is 20.1 Å². The van der Waals surface area contributed by atoms with Crippen LogP contribution in [0.25, 0.3) is 0 Å². The molecule has 0 radical (unpaired) electrons. The Balaban J connectivity index is 1.84. The maximum absolute atomic E-state index is 12.5. The number of amides is 2. The molecule has 2 N–H and O–H groups in total. The van der Waals surface area contributed by atoms with Gasteiger partial charge in [-0.1, -0.05) is 38.7 Å². The maximum Gasteiger partial charge on any atom is 0.255 e. The fourth-order valence-corrected chi connectivity index (χ4v) is 2.91. The predicted molar refractivity (Wildman–Crippen MR) is 119 cm³/mol. The Kier molecular flexibility index (Phi) is 10.4. The number of benzene rings is 2. The summed E-state index contributed by atoms with van der Waals surface area (Å²) in [6.07, 6.45) is 5.96. The number of methoxy groups -OCH3 is 1. The number of ether oxygens (including phenoxy) is 2. The summed E-state index contributed by atoms with van der Waals surface area (Å²) in [7, 11) is 1.58. The van der Waals surface area contributed by atoms with Gasteiger partial charge in [0.1, 0.15) is 5.75 Å². The molecule has 0 aliphatic rings. The van der Waals surface area contributed by atoms with Crippen molar-refractivity contribution < 1.29 is 19.1 Å². The van der Waals surface area contributed by atoms with Crippen LogP contribution in [-0.2, 0) is 4.74 Å². The van der Waals surface area contributed by atoms with Gasteiger partial charge in [0.15, 0.2) is 0 Å². The first kappa shape index (κ1) is 23.4. The Bertz CT molecular complexity index is 790. The van der Waals surface area contributed by atoms with Crippen LogP contribution in [0.5, 0.6) is 5.75 Å². The fourth-order valence-electron chi connectivity index (χ4n) is 2.91. The number of hydrogen-bond acceptors (Lipinski definition) is 4. The van der Waals surface area contributed by atoms with Crippen LogP contribution in [0.2, 0.25) is 0 Å². The fraction of sp³-hybridized carbons (Fsp3) is 0.417. The van der Waals surface area contributed by atoms with Crippen LogP contribution in [0.1, 0.15) is 59.7 Å². The molecule has 0 aliphatic carbocycles. The third-order valence-corrected chi connectivity index (χ3v) is 4.61. The largest absolute Gasteiger partial charge is 0.494 e. The van der Waals surface area contributed by atoms with Crippen LogP contribution in [0.4, 0.5) is 5.69 Å². The van der Waals surface area contributed by atoms with Gasteiger partial charge in [0.25, 0.3) is 11.8 Å². The zero-order chi connectivity index (χ0) is 21.6. The molecule has 2 aromatic rings. The molecule has 0 aliphatic heterocycles. The van der Waals surface area contributed by atoms with Gasteiger partial charge in [-0.2, -0.15) is 0 Å². The zero-order valence-electron chi connectivity index (χ0n) is 17.9. The van der Waals surface area contributed by atoms with Gasteiger partial charge in [-0.05, 0) is 48.9 Å². The number of unbranched alkanes of at least 4 members (excludes halogenated alkanes) is 4. The summed E-state index contributed by atoms with van der Waals surface area (Å²) in [5.74, 6) is 0.314. The molecule has 0 saturated heterocycles. The molecule has 0 aromatic heterocycles. The lowest BCUT2D eigenvalue weighted by molar-refractivity contribution is 0.0936. The lowest BCUT2D eigenvalue weighted by Gasteiger charge is -2.09. The first-order valence-corrected chi connectivity index (χ1v) is 10.6. The van der Waals surface area contributed by atoms with Gasteiger partial charge >= 0.3 is 0 Å². The molecule has 162 valence electrons. The molecule has 0 saturated carbocycles. The number of carbonyl (C=O) groups is 2. The average Bonchev–Trinajstić information content (AvgIpc) is 2.77. The van der Waals surface area contributed by atoms with Gasteiger partial charge in [-0.15, -0.1) is 0 Å². The highest BCUT2D eigenvalue weighted by Gasteiger charge is 2.09. The van der Waals surface area contributed by atoms with Crippen LogP contribution < -0.4 is 15.4 Å². The van der Waals surface area contributed by atoms with Crippen molar-refractivity contribution in [1.82, 2.24) is 5.32 Å². The van der Waals surface area contributed by atoms with E-state index in [0.29, 0.717) is 36.6 Å². The van der Waals surface area contributed by atoms with Gasteiger partial charge in [-0.25, -0.2) is 0 Å². The normalized spacial score (nSPS) is 10.5. The van der Waals surface area contributed by atoms with Crippen molar-refractivity contribution in [2.75, 3.05) is 32.2 Å². The van der Waals surface area contributed by atoms with Crippen molar-refractivity contribution in [2.45, 2.75) is 39.0 Å². The molecule has 2 aromatic carbocycles. The number of carbonyl (C=O) groups excluding carboxylic acids is 2. The highest BCUT2D eigenvalue weighted by atomic mass is 16.5. The van der Waals surface area contributed by atoms with Crippen LogP contribution in [0.15, 0.2) is 48.5 Å². The standard InChI is InChI=1S/C24H32N2O4/c1-3-4-5-6-7-16-30-22-13-11-19(12-14-22)24(28)26-21-10-8-9-20(18-21)23(27)25-15-17-29-2/h8-14,18H,3-7,15-17H2,1-2H3,(H,25,27)(H,26,28). The molecular formula is C24H32N2O4. The van der Waals surface area contributed by atoms with E-state index in [4.69, 9.17) is 9.47 Å².